The highest BCUT2D eigenvalue weighted by atomic mass is 35.5. The van der Waals surface area contributed by atoms with Gasteiger partial charge in [-0.1, -0.05) is 13.0 Å². The summed E-state index contributed by atoms with van der Waals surface area (Å²) in [4.78, 5) is 38.8. The highest BCUT2D eigenvalue weighted by molar-refractivity contribution is 5.94. The van der Waals surface area contributed by atoms with Crippen LogP contribution in [0.25, 0.3) is 0 Å². The molecule has 0 bridgehead atoms. The lowest BCUT2D eigenvalue weighted by molar-refractivity contribution is -0.120. The summed E-state index contributed by atoms with van der Waals surface area (Å²) in [6.07, 6.45) is 6.23. The molecular formula is C25H33Cl2N5O2. The van der Waals surface area contributed by atoms with Crippen LogP contribution >= 0.6 is 24.8 Å². The van der Waals surface area contributed by atoms with Gasteiger partial charge in [-0.3, -0.25) is 14.6 Å². The molecule has 1 N–H and O–H groups in total. The maximum atomic E-state index is 13.1. The number of hydrogen-bond donors (Lipinski definition) is 1. The Hall–Kier alpha value is -2.38. The standard InChI is InChI=1S/C25H31N5O2.2ClH/c1-15-10-20(14-26-22(15)21-17(3)12-28-24(21)31)25(32)30-8-6-29(7-9-30)23-16(2)11-19(13-27-23)18-4-5-18;;/h10-11,13-14,17-18,21H,4-9,12H2,1-3H3,(H,28,31);2*1H/t17?,21-;;/m1../s1. The molecule has 3 aliphatic rings. The van der Waals surface area contributed by atoms with Gasteiger partial charge in [0.2, 0.25) is 5.91 Å². The Balaban J connectivity index is 0.00000162. The van der Waals surface area contributed by atoms with Gasteiger partial charge in [0.25, 0.3) is 5.91 Å². The quantitative estimate of drug-likeness (QED) is 0.686. The number of pyridine rings is 2. The summed E-state index contributed by atoms with van der Waals surface area (Å²) in [5.74, 6) is 1.75. The van der Waals surface area contributed by atoms with Crippen LogP contribution in [-0.4, -0.2) is 59.4 Å². The van der Waals surface area contributed by atoms with E-state index in [-0.39, 0.29) is 48.5 Å². The summed E-state index contributed by atoms with van der Waals surface area (Å²) in [5, 5.41) is 2.90. The fourth-order valence-electron chi connectivity index (χ4n) is 5.03. The maximum Gasteiger partial charge on any atom is 0.255 e. The van der Waals surface area contributed by atoms with Gasteiger partial charge in [0, 0.05) is 45.1 Å². The number of aryl methyl sites for hydroxylation is 2. The van der Waals surface area contributed by atoms with Crippen molar-refractivity contribution in [2.75, 3.05) is 37.6 Å². The van der Waals surface area contributed by atoms with Gasteiger partial charge >= 0.3 is 0 Å². The van der Waals surface area contributed by atoms with Crippen LogP contribution in [0.2, 0.25) is 0 Å². The molecule has 7 nitrogen and oxygen atoms in total. The van der Waals surface area contributed by atoms with Crippen LogP contribution in [0.3, 0.4) is 0 Å². The predicted molar refractivity (Wildman–Crippen MR) is 137 cm³/mol. The Morgan fingerprint density at radius 1 is 1.00 bits per heavy atom. The molecule has 3 fully saturated rings. The number of anilines is 1. The number of nitrogens with zero attached hydrogens (tertiary/aromatic N) is 4. The fourth-order valence-corrected chi connectivity index (χ4v) is 5.03. The molecule has 184 valence electrons. The average molecular weight is 506 g/mol. The highest BCUT2D eigenvalue weighted by Crippen LogP contribution is 2.40. The predicted octanol–water partition coefficient (Wildman–Crippen LogP) is 3.63. The third kappa shape index (κ3) is 5.01. The van der Waals surface area contributed by atoms with Gasteiger partial charge in [-0.05, 0) is 61.3 Å². The van der Waals surface area contributed by atoms with E-state index >= 15 is 0 Å². The first-order valence-corrected chi connectivity index (χ1v) is 11.7. The summed E-state index contributed by atoms with van der Waals surface area (Å²) >= 11 is 0. The molecule has 34 heavy (non-hydrogen) atoms. The normalized spacial score (nSPS) is 22.0. The molecule has 2 amide bonds. The molecule has 2 aliphatic heterocycles. The monoisotopic (exact) mass is 505 g/mol. The second-order valence-electron chi connectivity index (χ2n) is 9.59. The minimum Gasteiger partial charge on any atom is -0.355 e. The van der Waals surface area contributed by atoms with Gasteiger partial charge in [-0.25, -0.2) is 4.98 Å². The Kier molecular flexibility index (Phi) is 8.09. The van der Waals surface area contributed by atoms with Gasteiger partial charge in [0.1, 0.15) is 5.82 Å². The van der Waals surface area contributed by atoms with Gasteiger partial charge < -0.3 is 15.1 Å². The van der Waals surface area contributed by atoms with Gasteiger partial charge in [0.05, 0.1) is 17.2 Å². The number of aromatic nitrogens is 2. The first-order chi connectivity index (χ1) is 15.4. The van der Waals surface area contributed by atoms with Gasteiger partial charge in [-0.2, -0.15) is 0 Å². The Morgan fingerprint density at radius 3 is 2.26 bits per heavy atom. The van der Waals surface area contributed by atoms with Crippen LogP contribution in [0.4, 0.5) is 5.82 Å². The van der Waals surface area contributed by atoms with Crippen LogP contribution in [0.5, 0.6) is 0 Å². The third-order valence-corrected chi connectivity index (χ3v) is 7.10. The minimum atomic E-state index is -0.232. The van der Waals surface area contributed by atoms with Crippen LogP contribution in [-0.2, 0) is 4.79 Å². The second-order valence-corrected chi connectivity index (χ2v) is 9.59. The molecule has 2 aromatic rings. The van der Waals surface area contributed by atoms with E-state index < -0.39 is 0 Å². The molecule has 0 radical (unpaired) electrons. The Morgan fingerprint density at radius 2 is 1.71 bits per heavy atom. The number of hydrogen-bond acceptors (Lipinski definition) is 5. The summed E-state index contributed by atoms with van der Waals surface area (Å²) in [6.45, 7) is 9.66. The molecule has 0 spiro atoms. The molecule has 9 heteroatoms. The molecular weight excluding hydrogens is 473 g/mol. The van der Waals surface area contributed by atoms with E-state index in [0.717, 1.165) is 30.2 Å². The average Bonchev–Trinajstić information content (AvgIpc) is 3.59. The van der Waals surface area contributed by atoms with E-state index in [1.807, 2.05) is 24.1 Å². The van der Waals surface area contributed by atoms with Crippen molar-refractivity contribution in [2.24, 2.45) is 5.92 Å². The van der Waals surface area contributed by atoms with Crippen LogP contribution in [0, 0.1) is 19.8 Å². The van der Waals surface area contributed by atoms with Crippen LogP contribution in [0.1, 0.15) is 64.3 Å². The highest BCUT2D eigenvalue weighted by Gasteiger charge is 2.35. The van der Waals surface area contributed by atoms with Crippen molar-refractivity contribution in [1.82, 2.24) is 20.2 Å². The van der Waals surface area contributed by atoms with Crippen LogP contribution < -0.4 is 10.2 Å². The van der Waals surface area contributed by atoms with Crippen molar-refractivity contribution in [3.63, 3.8) is 0 Å². The zero-order valence-corrected chi connectivity index (χ0v) is 21.5. The Bertz CT molecular complexity index is 1070. The lowest BCUT2D eigenvalue weighted by Crippen LogP contribution is -2.49. The van der Waals surface area contributed by atoms with E-state index in [1.54, 1.807) is 6.20 Å². The zero-order valence-electron chi connectivity index (χ0n) is 19.9. The number of halogens is 2. The summed E-state index contributed by atoms with van der Waals surface area (Å²) in [5.41, 5.74) is 4.85. The molecule has 1 unspecified atom stereocenters. The lowest BCUT2D eigenvalue weighted by atomic mass is 9.90. The number of carbonyl (C=O) groups excluding carboxylic acids is 2. The molecule has 5 rings (SSSR count). The second kappa shape index (κ2) is 10.5. The van der Waals surface area contributed by atoms with Crippen molar-refractivity contribution in [3.05, 3.63) is 52.5 Å². The van der Waals surface area contributed by atoms with Crippen LogP contribution in [0.15, 0.2) is 24.5 Å². The van der Waals surface area contributed by atoms with E-state index in [9.17, 15) is 9.59 Å². The molecule has 0 aromatic carbocycles. The molecule has 2 atom stereocenters. The summed E-state index contributed by atoms with van der Waals surface area (Å²) in [7, 11) is 0. The van der Waals surface area contributed by atoms with Crippen molar-refractivity contribution in [3.8, 4) is 0 Å². The minimum absolute atomic E-state index is 0. The molecule has 1 aliphatic carbocycles. The van der Waals surface area contributed by atoms with E-state index in [0.29, 0.717) is 31.1 Å². The smallest absolute Gasteiger partial charge is 0.255 e. The van der Waals surface area contributed by atoms with Crippen molar-refractivity contribution in [1.29, 1.82) is 0 Å². The number of amides is 2. The molecule has 1 saturated carbocycles. The molecule has 2 saturated heterocycles. The van der Waals surface area contributed by atoms with Crippen molar-refractivity contribution < 1.29 is 9.59 Å². The van der Waals surface area contributed by atoms with E-state index in [2.05, 4.69) is 35.1 Å². The van der Waals surface area contributed by atoms with Crippen molar-refractivity contribution >= 4 is 42.4 Å². The van der Waals surface area contributed by atoms with E-state index in [4.69, 9.17) is 4.98 Å². The maximum absolute atomic E-state index is 13.1. The Labute approximate surface area is 213 Å². The van der Waals surface area contributed by atoms with E-state index in [1.165, 1.54) is 24.0 Å². The summed E-state index contributed by atoms with van der Waals surface area (Å²) < 4.78 is 0. The summed E-state index contributed by atoms with van der Waals surface area (Å²) in [6, 6.07) is 4.16. The van der Waals surface area contributed by atoms with Gasteiger partial charge in [0.15, 0.2) is 0 Å². The first-order valence-electron chi connectivity index (χ1n) is 11.7. The topological polar surface area (TPSA) is 78.4 Å². The lowest BCUT2D eigenvalue weighted by Gasteiger charge is -2.36. The number of piperazine rings is 1. The fraction of sp³-hybridized carbons (Fsp3) is 0.520. The number of rotatable bonds is 4. The number of carbonyl (C=O) groups is 2. The molecule has 2 aromatic heterocycles. The zero-order chi connectivity index (χ0) is 22.4. The third-order valence-electron chi connectivity index (χ3n) is 7.10. The largest absolute Gasteiger partial charge is 0.355 e. The van der Waals surface area contributed by atoms with Gasteiger partial charge in [-0.15, -0.1) is 24.8 Å². The molecule has 4 heterocycles. The first kappa shape index (κ1) is 26.2. The number of nitrogens with one attached hydrogen (secondary N) is 1. The SMILES string of the molecule is Cc1cc(C(=O)N2CCN(c3ncc(C4CC4)cc3C)CC2)cnc1[C@@H]1C(=O)NCC1C.Cl.Cl. The van der Waals surface area contributed by atoms with Crippen molar-refractivity contribution in [2.45, 2.75) is 45.4 Å².